The topological polar surface area (TPSA) is 49.2 Å². The Morgan fingerprint density at radius 3 is 2.52 bits per heavy atom. The van der Waals surface area contributed by atoms with Crippen LogP contribution in [0.1, 0.15) is 11.4 Å². The van der Waals surface area contributed by atoms with Crippen LogP contribution >= 0.6 is 0 Å². The van der Waals surface area contributed by atoms with E-state index in [0.717, 1.165) is 28.1 Å². The summed E-state index contributed by atoms with van der Waals surface area (Å²) in [6.07, 6.45) is 3.91. The van der Waals surface area contributed by atoms with Crippen LogP contribution in [0.2, 0.25) is 0 Å². The van der Waals surface area contributed by atoms with Gasteiger partial charge in [-0.2, -0.15) is 0 Å². The monoisotopic (exact) mass is 305 g/mol. The molecule has 0 unspecified atom stereocenters. The zero-order chi connectivity index (χ0) is 16.1. The molecular weight excluding hydrogens is 286 g/mol. The van der Waals surface area contributed by atoms with Crippen molar-refractivity contribution in [3.8, 4) is 0 Å². The Morgan fingerprint density at radius 1 is 0.913 bits per heavy atom. The zero-order valence-electron chi connectivity index (χ0n) is 13.1. The molecule has 0 amide bonds. The van der Waals surface area contributed by atoms with E-state index < -0.39 is 0 Å². The molecule has 0 aliphatic rings. The molecule has 0 fully saturated rings. The second-order valence-corrected chi connectivity index (χ2v) is 5.33. The number of aromatic nitrogens is 2. The van der Waals surface area contributed by atoms with Crippen LogP contribution in [0.3, 0.4) is 0 Å². The number of hydrogen-bond acceptors (Lipinski definition) is 4. The number of pyridine rings is 2. The van der Waals surface area contributed by atoms with Crippen molar-refractivity contribution in [2.75, 3.05) is 25.1 Å². The number of nitrogens with zero attached hydrogens (tertiary/aromatic N) is 3. The normalized spacial score (nSPS) is 11.2. The quantitative estimate of drug-likeness (QED) is 0.786. The number of fused-ring (bicyclic) bond motifs is 1. The largest absolute Gasteiger partial charge is 0.395 e. The van der Waals surface area contributed by atoms with E-state index in [1.54, 1.807) is 0 Å². The Morgan fingerprint density at radius 2 is 1.70 bits per heavy atom. The number of aliphatic hydroxyl groups is 1. The van der Waals surface area contributed by atoms with E-state index in [9.17, 15) is 0 Å². The molecule has 4 nitrogen and oxygen atoms in total. The number of rotatable bonds is 5. The minimum absolute atomic E-state index is 0.110. The summed E-state index contributed by atoms with van der Waals surface area (Å²) < 4.78 is 0. The molecule has 2 aromatic heterocycles. The molecule has 3 rings (SSSR count). The van der Waals surface area contributed by atoms with Crippen LogP contribution in [-0.4, -0.2) is 35.3 Å². The van der Waals surface area contributed by atoms with Crippen molar-refractivity contribution in [2.24, 2.45) is 0 Å². The number of benzene rings is 1. The molecule has 0 aliphatic heterocycles. The fourth-order valence-corrected chi connectivity index (χ4v) is 2.35. The third-order valence-electron chi connectivity index (χ3n) is 3.63. The Kier molecular flexibility index (Phi) is 4.64. The summed E-state index contributed by atoms with van der Waals surface area (Å²) in [6.45, 7) is 0.672. The molecular formula is C19H19N3O. The number of likely N-dealkylation sites (N-methyl/N-ethyl adjacent to an activating group) is 1. The fraction of sp³-hybridized carbons (Fsp3) is 0.158. The molecule has 0 saturated heterocycles. The molecule has 0 aliphatic carbocycles. The van der Waals surface area contributed by atoms with Gasteiger partial charge in [0.05, 0.1) is 23.5 Å². The predicted molar refractivity (Wildman–Crippen MR) is 95.3 cm³/mol. The summed E-state index contributed by atoms with van der Waals surface area (Å²) in [7, 11) is 1.91. The molecule has 0 atom stereocenters. The van der Waals surface area contributed by atoms with Gasteiger partial charge in [0.1, 0.15) is 5.82 Å². The van der Waals surface area contributed by atoms with Crippen molar-refractivity contribution in [2.45, 2.75) is 0 Å². The minimum atomic E-state index is 0.110. The van der Waals surface area contributed by atoms with E-state index in [1.165, 1.54) is 0 Å². The van der Waals surface area contributed by atoms with Crippen LogP contribution in [0.15, 0.2) is 54.6 Å². The van der Waals surface area contributed by atoms with Gasteiger partial charge >= 0.3 is 0 Å². The van der Waals surface area contributed by atoms with E-state index in [2.05, 4.69) is 22.1 Å². The number of para-hydroxylation sites is 1. The van der Waals surface area contributed by atoms with Gasteiger partial charge in [-0.1, -0.05) is 30.3 Å². The summed E-state index contributed by atoms with van der Waals surface area (Å²) in [6, 6.07) is 18.0. The third kappa shape index (κ3) is 3.73. The standard InChI is InChI=1S/C19H19N3O/c1-22(13-14-23)19-8-4-6-16(21-19)11-12-17-10-9-15-5-2-3-7-18(15)20-17/h2-12,23H,13-14H2,1H3/b12-11+. The van der Waals surface area contributed by atoms with Crippen molar-refractivity contribution in [1.29, 1.82) is 0 Å². The average molecular weight is 305 g/mol. The summed E-state index contributed by atoms with van der Waals surface area (Å²) >= 11 is 0. The van der Waals surface area contributed by atoms with Crippen molar-refractivity contribution < 1.29 is 5.11 Å². The number of hydrogen-bond donors (Lipinski definition) is 1. The van der Waals surface area contributed by atoms with Gasteiger partial charge in [0.25, 0.3) is 0 Å². The summed E-state index contributed by atoms with van der Waals surface area (Å²) in [5.41, 5.74) is 2.75. The summed E-state index contributed by atoms with van der Waals surface area (Å²) in [4.78, 5) is 11.1. The Labute approximate surface area is 135 Å². The van der Waals surface area contributed by atoms with E-state index in [1.807, 2.05) is 66.6 Å². The van der Waals surface area contributed by atoms with Crippen LogP contribution < -0.4 is 4.90 Å². The molecule has 0 bridgehead atoms. The van der Waals surface area contributed by atoms with Crippen molar-refractivity contribution >= 4 is 28.9 Å². The predicted octanol–water partition coefficient (Wildman–Crippen LogP) is 3.23. The van der Waals surface area contributed by atoms with Gasteiger partial charge in [0.2, 0.25) is 0 Å². The van der Waals surface area contributed by atoms with Crippen LogP contribution in [0, 0.1) is 0 Å². The first kappa shape index (κ1) is 15.2. The van der Waals surface area contributed by atoms with Gasteiger partial charge in [0.15, 0.2) is 0 Å². The van der Waals surface area contributed by atoms with Gasteiger partial charge < -0.3 is 10.0 Å². The first-order valence-electron chi connectivity index (χ1n) is 7.59. The van der Waals surface area contributed by atoms with Crippen molar-refractivity contribution in [3.05, 3.63) is 66.0 Å². The van der Waals surface area contributed by atoms with Gasteiger partial charge in [-0.15, -0.1) is 0 Å². The molecule has 2 heterocycles. The van der Waals surface area contributed by atoms with Gasteiger partial charge in [-0.3, -0.25) is 0 Å². The molecule has 1 N–H and O–H groups in total. The molecule has 23 heavy (non-hydrogen) atoms. The lowest BCUT2D eigenvalue weighted by atomic mass is 10.2. The maximum absolute atomic E-state index is 9.01. The van der Waals surface area contributed by atoms with E-state index in [-0.39, 0.29) is 6.61 Å². The van der Waals surface area contributed by atoms with Crippen LogP contribution in [0.4, 0.5) is 5.82 Å². The Balaban J connectivity index is 1.82. The maximum Gasteiger partial charge on any atom is 0.129 e. The lowest BCUT2D eigenvalue weighted by molar-refractivity contribution is 0.304. The van der Waals surface area contributed by atoms with Crippen molar-refractivity contribution in [3.63, 3.8) is 0 Å². The van der Waals surface area contributed by atoms with Gasteiger partial charge in [-0.05, 0) is 36.4 Å². The molecule has 1 aromatic carbocycles. The van der Waals surface area contributed by atoms with E-state index >= 15 is 0 Å². The Bertz CT molecular complexity index is 829. The molecule has 3 aromatic rings. The van der Waals surface area contributed by atoms with Crippen molar-refractivity contribution in [1.82, 2.24) is 9.97 Å². The van der Waals surface area contributed by atoms with Gasteiger partial charge in [-0.25, -0.2) is 9.97 Å². The number of aliphatic hydroxyl groups excluding tert-OH is 1. The fourth-order valence-electron chi connectivity index (χ4n) is 2.35. The van der Waals surface area contributed by atoms with Crippen LogP contribution in [0.25, 0.3) is 23.1 Å². The Hall–Kier alpha value is -2.72. The highest BCUT2D eigenvalue weighted by molar-refractivity contribution is 5.80. The summed E-state index contributed by atoms with van der Waals surface area (Å²) in [5.74, 6) is 0.840. The van der Waals surface area contributed by atoms with E-state index in [4.69, 9.17) is 5.11 Å². The SMILES string of the molecule is CN(CCO)c1cccc(/C=C/c2ccc3ccccc3n2)n1. The first-order valence-corrected chi connectivity index (χ1v) is 7.59. The second-order valence-electron chi connectivity index (χ2n) is 5.33. The van der Waals surface area contributed by atoms with Gasteiger partial charge in [0, 0.05) is 19.0 Å². The molecule has 0 saturated carbocycles. The smallest absolute Gasteiger partial charge is 0.129 e. The lowest BCUT2D eigenvalue weighted by Crippen LogP contribution is -2.22. The van der Waals surface area contributed by atoms with E-state index in [0.29, 0.717) is 6.54 Å². The molecule has 4 heteroatoms. The maximum atomic E-state index is 9.01. The van der Waals surface area contributed by atoms with Crippen LogP contribution in [-0.2, 0) is 0 Å². The zero-order valence-corrected chi connectivity index (χ0v) is 13.1. The minimum Gasteiger partial charge on any atom is -0.395 e. The highest BCUT2D eigenvalue weighted by Crippen LogP contribution is 2.15. The van der Waals surface area contributed by atoms with Crippen LogP contribution in [0.5, 0.6) is 0 Å². The number of anilines is 1. The molecule has 116 valence electrons. The first-order chi connectivity index (χ1) is 11.3. The average Bonchev–Trinajstić information content (AvgIpc) is 2.60. The summed E-state index contributed by atoms with van der Waals surface area (Å²) in [5, 5.41) is 10.1. The lowest BCUT2D eigenvalue weighted by Gasteiger charge is -2.16. The molecule has 0 radical (unpaired) electrons. The molecule has 0 spiro atoms. The third-order valence-corrected chi connectivity index (χ3v) is 3.63. The highest BCUT2D eigenvalue weighted by atomic mass is 16.3. The second kappa shape index (κ2) is 7.03. The highest BCUT2D eigenvalue weighted by Gasteiger charge is 2.01.